The maximum atomic E-state index is 13.0. The molecule has 1 N–H and O–H groups in total. The Hall–Kier alpha value is -4.44. The summed E-state index contributed by atoms with van der Waals surface area (Å²) in [6, 6.07) is 20.2. The maximum Gasteiger partial charge on any atom is 0.343 e. The van der Waals surface area contributed by atoms with Gasteiger partial charge in [0.25, 0.3) is 5.91 Å². The molecule has 6 nitrogen and oxygen atoms in total. The van der Waals surface area contributed by atoms with E-state index in [-0.39, 0.29) is 22.6 Å². The molecule has 1 amide bonds. The van der Waals surface area contributed by atoms with Crippen molar-refractivity contribution >= 4 is 23.6 Å². The Kier molecular flexibility index (Phi) is 6.76. The number of amides is 1. The average molecular weight is 416 g/mol. The number of nitrogens with zero attached hydrogens (tertiary/aromatic N) is 1. The molecule has 31 heavy (non-hydrogen) atoms. The van der Waals surface area contributed by atoms with Gasteiger partial charge in [0, 0.05) is 5.69 Å². The van der Waals surface area contributed by atoms with Gasteiger partial charge < -0.3 is 14.8 Å². The minimum Gasteiger partial charge on any atom is -0.493 e. The molecular formula is C24H17FN2O4. The molecule has 0 aliphatic carbocycles. The fourth-order valence-corrected chi connectivity index (χ4v) is 2.64. The van der Waals surface area contributed by atoms with E-state index in [2.05, 4.69) is 5.32 Å². The number of nitriles is 1. The molecule has 0 aliphatic heterocycles. The Morgan fingerprint density at radius 2 is 1.71 bits per heavy atom. The first kappa shape index (κ1) is 21.3. The summed E-state index contributed by atoms with van der Waals surface area (Å²) in [6.45, 7) is 0. The third-order valence-corrected chi connectivity index (χ3v) is 4.18. The fraction of sp³-hybridized carbons (Fsp3) is 0.0417. The number of hydrogen-bond acceptors (Lipinski definition) is 5. The van der Waals surface area contributed by atoms with Crippen LogP contribution in [-0.4, -0.2) is 19.0 Å². The molecule has 0 aromatic heterocycles. The lowest BCUT2D eigenvalue weighted by Crippen LogP contribution is -2.13. The zero-order valence-electron chi connectivity index (χ0n) is 16.5. The Balaban J connectivity index is 1.79. The Labute approximate surface area is 178 Å². The number of carbonyl (C=O) groups excluding carboxylic acids is 2. The molecule has 0 aliphatic rings. The molecule has 3 aromatic rings. The molecule has 0 radical (unpaired) electrons. The maximum absolute atomic E-state index is 13.0. The van der Waals surface area contributed by atoms with Crippen LogP contribution in [0.15, 0.2) is 78.4 Å². The molecule has 0 unspecified atom stereocenters. The van der Waals surface area contributed by atoms with Gasteiger partial charge in [-0.2, -0.15) is 5.26 Å². The molecule has 0 bridgehead atoms. The lowest BCUT2D eigenvalue weighted by atomic mass is 10.1. The first-order valence-corrected chi connectivity index (χ1v) is 9.14. The van der Waals surface area contributed by atoms with Crippen LogP contribution in [0.2, 0.25) is 0 Å². The van der Waals surface area contributed by atoms with E-state index >= 15 is 0 Å². The summed E-state index contributed by atoms with van der Waals surface area (Å²) in [4.78, 5) is 24.6. The summed E-state index contributed by atoms with van der Waals surface area (Å²) in [5.41, 5.74) is 1.13. The van der Waals surface area contributed by atoms with Crippen molar-refractivity contribution in [3.05, 3.63) is 95.3 Å². The van der Waals surface area contributed by atoms with Crippen LogP contribution in [0.5, 0.6) is 11.5 Å². The highest BCUT2D eigenvalue weighted by Gasteiger charge is 2.14. The van der Waals surface area contributed by atoms with Crippen molar-refractivity contribution in [2.45, 2.75) is 0 Å². The fourth-order valence-electron chi connectivity index (χ4n) is 2.64. The predicted molar refractivity (Wildman–Crippen MR) is 113 cm³/mol. The zero-order valence-corrected chi connectivity index (χ0v) is 16.5. The number of methoxy groups -OCH3 is 1. The van der Waals surface area contributed by atoms with Crippen molar-refractivity contribution in [3.8, 4) is 17.6 Å². The van der Waals surface area contributed by atoms with Gasteiger partial charge in [0.05, 0.1) is 12.7 Å². The first-order chi connectivity index (χ1) is 15.0. The number of anilines is 1. The monoisotopic (exact) mass is 416 g/mol. The number of benzene rings is 3. The van der Waals surface area contributed by atoms with Crippen LogP contribution in [0.25, 0.3) is 6.08 Å². The summed E-state index contributed by atoms with van der Waals surface area (Å²) in [5, 5.41) is 12.0. The summed E-state index contributed by atoms with van der Waals surface area (Å²) in [5.74, 6) is -1.33. The van der Waals surface area contributed by atoms with Crippen LogP contribution in [-0.2, 0) is 4.79 Å². The minimum absolute atomic E-state index is 0.109. The summed E-state index contributed by atoms with van der Waals surface area (Å²) < 4.78 is 23.6. The topological polar surface area (TPSA) is 88.4 Å². The molecule has 3 aromatic carbocycles. The van der Waals surface area contributed by atoms with Crippen LogP contribution in [0.1, 0.15) is 15.9 Å². The molecule has 154 valence electrons. The van der Waals surface area contributed by atoms with Gasteiger partial charge in [0.1, 0.15) is 17.5 Å². The highest BCUT2D eigenvalue weighted by atomic mass is 19.1. The zero-order chi connectivity index (χ0) is 22.2. The second-order valence-electron chi connectivity index (χ2n) is 6.30. The average Bonchev–Trinajstić information content (AvgIpc) is 2.79. The first-order valence-electron chi connectivity index (χ1n) is 9.14. The molecule has 7 heteroatoms. The largest absolute Gasteiger partial charge is 0.493 e. The number of hydrogen-bond donors (Lipinski definition) is 1. The third-order valence-electron chi connectivity index (χ3n) is 4.18. The van der Waals surface area contributed by atoms with Gasteiger partial charge in [-0.05, 0) is 60.2 Å². The highest BCUT2D eigenvalue weighted by Crippen LogP contribution is 2.30. The normalized spacial score (nSPS) is 10.7. The molecule has 0 heterocycles. The number of nitrogens with one attached hydrogen (secondary N) is 1. The molecule has 3 rings (SSSR count). The van der Waals surface area contributed by atoms with E-state index in [9.17, 15) is 19.2 Å². The van der Waals surface area contributed by atoms with E-state index in [4.69, 9.17) is 9.47 Å². The Morgan fingerprint density at radius 3 is 2.35 bits per heavy atom. The SMILES string of the molecule is COc1cc(/C=C(\C#N)C(=O)Nc2ccccc2)ccc1OC(=O)c1ccc(F)cc1. The van der Waals surface area contributed by atoms with Gasteiger partial charge in [-0.25, -0.2) is 9.18 Å². The minimum atomic E-state index is -0.679. The summed E-state index contributed by atoms with van der Waals surface area (Å²) in [6.07, 6.45) is 1.40. The number of carbonyl (C=O) groups is 2. The molecular weight excluding hydrogens is 399 g/mol. The van der Waals surface area contributed by atoms with Crippen LogP contribution >= 0.6 is 0 Å². The standard InChI is InChI=1S/C24H17FN2O4/c1-30-22-14-16(13-18(15-26)23(28)27-20-5-3-2-4-6-20)7-12-21(22)31-24(29)17-8-10-19(25)11-9-17/h2-14H,1H3,(H,27,28)/b18-13+. The van der Waals surface area contributed by atoms with Gasteiger partial charge in [-0.15, -0.1) is 0 Å². The van der Waals surface area contributed by atoms with Crippen LogP contribution in [0, 0.1) is 17.1 Å². The number of ether oxygens (including phenoxy) is 2. The quantitative estimate of drug-likeness (QED) is 0.275. The molecule has 0 spiro atoms. The predicted octanol–water partition coefficient (Wildman–Crippen LogP) is 4.60. The van der Waals surface area contributed by atoms with Crippen LogP contribution in [0.3, 0.4) is 0 Å². The van der Waals surface area contributed by atoms with Gasteiger partial charge >= 0.3 is 5.97 Å². The summed E-state index contributed by atoms with van der Waals surface area (Å²) in [7, 11) is 1.39. The molecule has 0 saturated heterocycles. The second-order valence-corrected chi connectivity index (χ2v) is 6.30. The second kappa shape index (κ2) is 9.85. The lowest BCUT2D eigenvalue weighted by molar-refractivity contribution is -0.112. The Morgan fingerprint density at radius 1 is 1.00 bits per heavy atom. The number of para-hydroxylation sites is 1. The van der Waals surface area contributed by atoms with E-state index < -0.39 is 17.7 Å². The summed E-state index contributed by atoms with van der Waals surface area (Å²) >= 11 is 0. The van der Waals surface area contributed by atoms with Gasteiger partial charge in [0.2, 0.25) is 0 Å². The van der Waals surface area contributed by atoms with Gasteiger partial charge in [-0.1, -0.05) is 24.3 Å². The van der Waals surface area contributed by atoms with Gasteiger partial charge in [-0.3, -0.25) is 4.79 Å². The van der Waals surface area contributed by atoms with E-state index in [1.807, 2.05) is 12.1 Å². The van der Waals surface area contributed by atoms with E-state index in [1.54, 1.807) is 30.3 Å². The highest BCUT2D eigenvalue weighted by molar-refractivity contribution is 6.09. The smallest absolute Gasteiger partial charge is 0.343 e. The van der Waals surface area contributed by atoms with Crippen molar-refractivity contribution < 1.29 is 23.5 Å². The van der Waals surface area contributed by atoms with E-state index in [0.29, 0.717) is 11.3 Å². The van der Waals surface area contributed by atoms with E-state index in [1.165, 1.54) is 37.5 Å². The third kappa shape index (κ3) is 5.55. The lowest BCUT2D eigenvalue weighted by Gasteiger charge is -2.10. The van der Waals surface area contributed by atoms with Crippen molar-refractivity contribution in [1.82, 2.24) is 0 Å². The Bertz CT molecular complexity index is 1170. The number of halogens is 1. The number of rotatable bonds is 6. The van der Waals surface area contributed by atoms with E-state index in [0.717, 1.165) is 12.1 Å². The van der Waals surface area contributed by atoms with Crippen LogP contribution in [0.4, 0.5) is 10.1 Å². The van der Waals surface area contributed by atoms with Gasteiger partial charge in [0.15, 0.2) is 11.5 Å². The molecule has 0 atom stereocenters. The van der Waals surface area contributed by atoms with Crippen molar-refractivity contribution in [1.29, 1.82) is 5.26 Å². The molecule has 0 saturated carbocycles. The van der Waals surface area contributed by atoms with Crippen molar-refractivity contribution in [2.24, 2.45) is 0 Å². The van der Waals surface area contributed by atoms with Crippen molar-refractivity contribution in [3.63, 3.8) is 0 Å². The number of esters is 1. The van der Waals surface area contributed by atoms with Crippen LogP contribution < -0.4 is 14.8 Å². The molecule has 0 fully saturated rings. The van der Waals surface area contributed by atoms with Crippen molar-refractivity contribution in [2.75, 3.05) is 12.4 Å².